The first-order chi connectivity index (χ1) is 2.50. The Kier molecular flexibility index (Phi) is 13.2. The molecule has 0 aliphatic carbocycles. The van der Waals surface area contributed by atoms with Crippen LogP contribution in [-0.4, -0.2) is 11.5 Å². The van der Waals surface area contributed by atoms with Crippen molar-refractivity contribution in [2.75, 3.05) is 11.5 Å². The van der Waals surface area contributed by atoms with E-state index in [0.29, 0.717) is 0 Å². The Morgan fingerprint density at radius 1 is 1.00 bits per heavy atom. The van der Waals surface area contributed by atoms with E-state index in [-0.39, 0.29) is 56.1 Å². The van der Waals surface area contributed by atoms with E-state index in [1.807, 2.05) is 0 Å². The summed E-state index contributed by atoms with van der Waals surface area (Å²) in [6.45, 7) is 0. The molecule has 0 bridgehead atoms. The molecular formula is C4H8FKS. The minimum absolute atomic E-state index is 0. The Morgan fingerprint density at radius 2 is 1.43 bits per heavy atom. The third-order valence-corrected chi connectivity index (χ3v) is 1.98. The minimum Gasteiger partial charge on any atom is -1.00 e. The first-order valence-corrected chi connectivity index (χ1v) is 3.23. The summed E-state index contributed by atoms with van der Waals surface area (Å²) >= 11 is 2.07. The Labute approximate surface area is 90.6 Å². The number of thioether (sulfide) groups is 1. The molecule has 1 aliphatic heterocycles. The molecule has 0 unspecified atom stereocenters. The summed E-state index contributed by atoms with van der Waals surface area (Å²) < 4.78 is 0. The Morgan fingerprint density at radius 3 is 1.57 bits per heavy atom. The molecule has 1 aliphatic rings. The average molecular weight is 146 g/mol. The maximum Gasteiger partial charge on any atom is 1.00 e. The molecule has 0 aromatic carbocycles. The predicted molar refractivity (Wildman–Crippen MR) is 26.6 cm³/mol. The second kappa shape index (κ2) is 7.92. The summed E-state index contributed by atoms with van der Waals surface area (Å²) in [4.78, 5) is 0. The first kappa shape index (κ1) is 11.7. The monoisotopic (exact) mass is 146 g/mol. The molecule has 0 radical (unpaired) electrons. The predicted octanol–water partition coefficient (Wildman–Crippen LogP) is -4.48. The average Bonchev–Trinajstić information content (AvgIpc) is 1.76. The molecule has 1 saturated heterocycles. The van der Waals surface area contributed by atoms with E-state index in [1.165, 1.54) is 24.3 Å². The van der Waals surface area contributed by atoms with Crippen LogP contribution in [-0.2, 0) is 0 Å². The van der Waals surface area contributed by atoms with Crippen LogP contribution < -0.4 is 56.1 Å². The van der Waals surface area contributed by atoms with Gasteiger partial charge in [0.05, 0.1) is 0 Å². The van der Waals surface area contributed by atoms with Gasteiger partial charge in [-0.15, -0.1) is 0 Å². The summed E-state index contributed by atoms with van der Waals surface area (Å²) in [6.07, 6.45) is 2.93. The maximum absolute atomic E-state index is 2.07. The van der Waals surface area contributed by atoms with Crippen LogP contribution in [0.2, 0.25) is 0 Å². The van der Waals surface area contributed by atoms with Gasteiger partial charge in [-0.3, -0.25) is 0 Å². The summed E-state index contributed by atoms with van der Waals surface area (Å²) in [5.41, 5.74) is 0. The molecule has 0 saturated carbocycles. The first-order valence-electron chi connectivity index (χ1n) is 2.08. The van der Waals surface area contributed by atoms with Crippen molar-refractivity contribution < 1.29 is 56.1 Å². The fourth-order valence-corrected chi connectivity index (χ4v) is 1.53. The second-order valence-electron chi connectivity index (χ2n) is 1.32. The summed E-state index contributed by atoms with van der Waals surface area (Å²) in [6, 6.07) is 0. The van der Waals surface area contributed by atoms with Crippen molar-refractivity contribution in [3.8, 4) is 0 Å². The summed E-state index contributed by atoms with van der Waals surface area (Å²) in [5, 5.41) is 0. The van der Waals surface area contributed by atoms with Crippen molar-refractivity contribution in [3.63, 3.8) is 0 Å². The largest absolute Gasteiger partial charge is 1.00 e. The van der Waals surface area contributed by atoms with Gasteiger partial charge in [0, 0.05) is 0 Å². The van der Waals surface area contributed by atoms with Crippen LogP contribution >= 0.6 is 11.8 Å². The van der Waals surface area contributed by atoms with Crippen molar-refractivity contribution in [3.05, 3.63) is 0 Å². The molecule has 1 fully saturated rings. The second-order valence-corrected chi connectivity index (χ2v) is 2.54. The van der Waals surface area contributed by atoms with E-state index in [1.54, 1.807) is 0 Å². The van der Waals surface area contributed by atoms with Crippen molar-refractivity contribution in [1.82, 2.24) is 0 Å². The smallest absolute Gasteiger partial charge is 1.00 e. The van der Waals surface area contributed by atoms with Crippen LogP contribution in [0.1, 0.15) is 12.8 Å². The van der Waals surface area contributed by atoms with Crippen LogP contribution in [0.5, 0.6) is 0 Å². The fraction of sp³-hybridized carbons (Fsp3) is 1.00. The molecule has 38 valence electrons. The third-order valence-electron chi connectivity index (χ3n) is 0.827. The van der Waals surface area contributed by atoms with Crippen LogP contribution in [0, 0.1) is 0 Å². The number of hydrogen-bond donors (Lipinski definition) is 0. The van der Waals surface area contributed by atoms with Gasteiger partial charge in [0.25, 0.3) is 0 Å². The van der Waals surface area contributed by atoms with Gasteiger partial charge in [-0.1, -0.05) is 0 Å². The molecule has 0 nitrogen and oxygen atoms in total. The molecule has 7 heavy (non-hydrogen) atoms. The van der Waals surface area contributed by atoms with Gasteiger partial charge in [0.1, 0.15) is 0 Å². The quantitative estimate of drug-likeness (QED) is 0.311. The molecule has 1 heterocycles. The Bertz CT molecular complexity index is 23.3. The van der Waals surface area contributed by atoms with Crippen molar-refractivity contribution in [1.29, 1.82) is 0 Å². The summed E-state index contributed by atoms with van der Waals surface area (Å²) in [5.74, 6) is 2.83. The van der Waals surface area contributed by atoms with E-state index in [0.717, 1.165) is 0 Å². The molecule has 0 N–H and O–H groups in total. The zero-order valence-corrected chi connectivity index (χ0v) is 8.55. The van der Waals surface area contributed by atoms with Crippen LogP contribution in [0.4, 0.5) is 0 Å². The van der Waals surface area contributed by atoms with E-state index < -0.39 is 0 Å². The number of rotatable bonds is 0. The molecule has 0 spiro atoms. The molecular weight excluding hydrogens is 138 g/mol. The molecule has 0 aromatic rings. The maximum atomic E-state index is 2.07. The van der Waals surface area contributed by atoms with Crippen LogP contribution in [0.25, 0.3) is 0 Å². The Balaban J connectivity index is 0. The fourth-order valence-electron chi connectivity index (χ4n) is 0.510. The van der Waals surface area contributed by atoms with Crippen molar-refractivity contribution in [2.45, 2.75) is 12.8 Å². The van der Waals surface area contributed by atoms with Gasteiger partial charge in [-0.2, -0.15) is 11.8 Å². The molecule has 0 atom stereocenters. The van der Waals surface area contributed by atoms with E-state index in [9.17, 15) is 0 Å². The summed E-state index contributed by atoms with van der Waals surface area (Å²) in [7, 11) is 0. The normalized spacial score (nSPS) is 17.1. The minimum atomic E-state index is 0. The van der Waals surface area contributed by atoms with Crippen molar-refractivity contribution in [2.24, 2.45) is 0 Å². The topological polar surface area (TPSA) is 0 Å². The van der Waals surface area contributed by atoms with Gasteiger partial charge in [0.15, 0.2) is 0 Å². The molecule has 3 heteroatoms. The number of halogens is 1. The van der Waals surface area contributed by atoms with Gasteiger partial charge in [-0.25, -0.2) is 0 Å². The zero-order chi connectivity index (χ0) is 3.54. The SMILES string of the molecule is C1CCSC1.[F-].[K+]. The number of hydrogen-bond acceptors (Lipinski definition) is 1. The molecule has 1 rings (SSSR count). The van der Waals surface area contributed by atoms with E-state index >= 15 is 0 Å². The van der Waals surface area contributed by atoms with Crippen molar-refractivity contribution >= 4 is 11.8 Å². The Hall–Kier alpha value is 1.92. The van der Waals surface area contributed by atoms with Gasteiger partial charge in [-0.05, 0) is 24.3 Å². The van der Waals surface area contributed by atoms with E-state index in [2.05, 4.69) is 11.8 Å². The third kappa shape index (κ3) is 5.79. The van der Waals surface area contributed by atoms with Gasteiger partial charge < -0.3 is 4.70 Å². The van der Waals surface area contributed by atoms with Gasteiger partial charge in [0.2, 0.25) is 0 Å². The van der Waals surface area contributed by atoms with Crippen LogP contribution in [0.3, 0.4) is 0 Å². The molecule has 0 aromatic heterocycles. The van der Waals surface area contributed by atoms with E-state index in [4.69, 9.17) is 0 Å². The molecule has 0 amide bonds. The standard InChI is InChI=1S/C4H8S.FH.K/c1-2-4-5-3-1;;/h1-4H2;1H;/q;;+1/p-1. The van der Waals surface area contributed by atoms with Gasteiger partial charge >= 0.3 is 51.4 Å². The zero-order valence-electron chi connectivity index (χ0n) is 4.61. The van der Waals surface area contributed by atoms with Crippen LogP contribution in [0.15, 0.2) is 0 Å².